The number of para-hydroxylation sites is 1. The predicted molar refractivity (Wildman–Crippen MR) is 190 cm³/mol. The van der Waals surface area contributed by atoms with Crippen molar-refractivity contribution < 1.29 is 14.4 Å². The maximum absolute atomic E-state index is 13.6. The van der Waals surface area contributed by atoms with Gasteiger partial charge in [-0.1, -0.05) is 70.5 Å². The number of rotatable bonds is 10. The molecule has 0 atom stereocenters. The van der Waals surface area contributed by atoms with Crippen LogP contribution in [0.25, 0.3) is 28.2 Å². The Morgan fingerprint density at radius 1 is 0.891 bits per heavy atom. The highest BCUT2D eigenvalue weighted by molar-refractivity contribution is 9.10. The number of nitrogens with zero attached hydrogens (tertiary/aromatic N) is 1. The van der Waals surface area contributed by atoms with E-state index in [0.717, 1.165) is 37.1 Å². The maximum Gasteiger partial charge on any atom is 0.272 e. The molecule has 0 fully saturated rings. The highest BCUT2D eigenvalue weighted by Crippen LogP contribution is 2.27. The van der Waals surface area contributed by atoms with Gasteiger partial charge in [0, 0.05) is 54.2 Å². The molecule has 2 aromatic heterocycles. The zero-order chi connectivity index (χ0) is 31.9. The fourth-order valence-electron chi connectivity index (χ4n) is 4.56. The molecule has 46 heavy (non-hydrogen) atoms. The van der Waals surface area contributed by atoms with Crippen molar-refractivity contribution in [2.45, 2.75) is 4.90 Å². The second-order valence-electron chi connectivity index (χ2n) is 10.0. The number of halogens is 1. The number of nitrogens with one attached hydrogen (secondary N) is 4. The summed E-state index contributed by atoms with van der Waals surface area (Å²) in [6, 6.07) is 31.5. The molecule has 0 saturated carbocycles. The van der Waals surface area contributed by atoms with Gasteiger partial charge in [0.05, 0.1) is 11.4 Å². The van der Waals surface area contributed by atoms with Crippen LogP contribution in [0.15, 0.2) is 130 Å². The van der Waals surface area contributed by atoms with Crippen LogP contribution in [0.3, 0.4) is 0 Å². The maximum atomic E-state index is 13.6. The van der Waals surface area contributed by atoms with E-state index in [2.05, 4.69) is 41.8 Å². The van der Waals surface area contributed by atoms with E-state index < -0.39 is 11.8 Å². The number of hydrogen-bond donors (Lipinski definition) is 4. The van der Waals surface area contributed by atoms with Crippen LogP contribution in [0.2, 0.25) is 0 Å². The molecule has 0 spiro atoms. The van der Waals surface area contributed by atoms with E-state index in [9.17, 15) is 14.4 Å². The molecular weight excluding hydrogens is 682 g/mol. The van der Waals surface area contributed by atoms with Gasteiger partial charge in [0.25, 0.3) is 11.8 Å². The zero-order valence-corrected chi connectivity index (χ0v) is 27.3. The van der Waals surface area contributed by atoms with Crippen LogP contribution in [-0.2, 0) is 9.59 Å². The number of anilines is 2. The molecule has 2 heterocycles. The molecule has 6 aromatic rings. The Balaban J connectivity index is 1.12. The summed E-state index contributed by atoms with van der Waals surface area (Å²) in [4.78, 5) is 47.8. The number of benzene rings is 4. The molecule has 11 heteroatoms. The normalized spacial score (nSPS) is 11.3. The molecule has 4 N–H and O–H groups in total. The van der Waals surface area contributed by atoms with Crippen LogP contribution < -0.4 is 16.0 Å². The molecule has 3 amide bonds. The topological polar surface area (TPSA) is 116 Å². The summed E-state index contributed by atoms with van der Waals surface area (Å²) >= 11 is 6.13. The standard InChI is InChI=1S/C35H26BrN5O3S2/c36-25-15-13-22(14-16-25)31-20-46-35(40-31)41-32(42)21-45-27-10-6-9-26(18-27)38-34(44)30(39-33(43)23-7-2-1-3-8-23)17-24-19-37-29-12-5-4-11-28(24)29/h1-20,37H,21H2,(H,38,44)(H,39,43)(H,40,41,42)/b30-17-. The highest BCUT2D eigenvalue weighted by Gasteiger charge is 2.17. The molecule has 6 rings (SSSR count). The van der Waals surface area contributed by atoms with Crippen molar-refractivity contribution in [1.29, 1.82) is 0 Å². The predicted octanol–water partition coefficient (Wildman–Crippen LogP) is 8.19. The van der Waals surface area contributed by atoms with E-state index in [-0.39, 0.29) is 17.4 Å². The van der Waals surface area contributed by atoms with Crippen LogP contribution in [0, 0.1) is 0 Å². The molecule has 4 aromatic carbocycles. The van der Waals surface area contributed by atoms with Gasteiger partial charge in [-0.15, -0.1) is 23.1 Å². The summed E-state index contributed by atoms with van der Waals surface area (Å²) in [7, 11) is 0. The van der Waals surface area contributed by atoms with Crippen molar-refractivity contribution in [3.63, 3.8) is 0 Å². The van der Waals surface area contributed by atoms with E-state index in [1.54, 1.807) is 54.7 Å². The number of thioether (sulfide) groups is 1. The molecule has 0 aliphatic heterocycles. The number of amides is 3. The molecule has 0 bridgehead atoms. The SMILES string of the molecule is O=C(CSc1cccc(NC(=O)/C(=C/c2c[nH]c3ccccc23)NC(=O)c2ccccc2)c1)Nc1nc(-c2ccc(Br)cc2)cs1. The summed E-state index contributed by atoms with van der Waals surface area (Å²) in [5, 5.41) is 11.9. The lowest BCUT2D eigenvalue weighted by atomic mass is 10.1. The Kier molecular flexibility index (Phi) is 9.73. The van der Waals surface area contributed by atoms with Crippen molar-refractivity contribution in [1.82, 2.24) is 15.3 Å². The molecule has 0 unspecified atom stereocenters. The summed E-state index contributed by atoms with van der Waals surface area (Å²) in [5.41, 5.74) is 4.47. The van der Waals surface area contributed by atoms with E-state index >= 15 is 0 Å². The average Bonchev–Trinajstić information content (AvgIpc) is 3.71. The number of carbonyl (C=O) groups excluding carboxylic acids is 3. The fourth-order valence-corrected chi connectivity index (χ4v) is 6.32. The van der Waals surface area contributed by atoms with Crippen molar-refractivity contribution in [2.75, 3.05) is 16.4 Å². The summed E-state index contributed by atoms with van der Waals surface area (Å²) < 4.78 is 0.984. The van der Waals surface area contributed by atoms with Gasteiger partial charge in [0.2, 0.25) is 5.91 Å². The van der Waals surface area contributed by atoms with Gasteiger partial charge >= 0.3 is 0 Å². The monoisotopic (exact) mass is 707 g/mol. The van der Waals surface area contributed by atoms with Crippen molar-refractivity contribution in [3.05, 3.63) is 136 Å². The summed E-state index contributed by atoms with van der Waals surface area (Å²) in [6.45, 7) is 0. The number of aromatic amines is 1. The van der Waals surface area contributed by atoms with Crippen LogP contribution in [0.4, 0.5) is 10.8 Å². The van der Waals surface area contributed by atoms with E-state index in [1.807, 2.05) is 66.0 Å². The van der Waals surface area contributed by atoms with Crippen molar-refractivity contribution >= 4 is 84.5 Å². The third-order valence-electron chi connectivity index (χ3n) is 6.80. The zero-order valence-electron chi connectivity index (χ0n) is 24.1. The fraction of sp³-hybridized carbons (Fsp3) is 0.0286. The van der Waals surface area contributed by atoms with Crippen molar-refractivity contribution in [3.8, 4) is 11.3 Å². The average molecular weight is 709 g/mol. The first-order chi connectivity index (χ1) is 22.4. The molecule has 228 valence electrons. The lowest BCUT2D eigenvalue weighted by Gasteiger charge is -2.12. The number of aromatic nitrogens is 2. The van der Waals surface area contributed by atoms with Crippen LogP contribution in [0.1, 0.15) is 15.9 Å². The van der Waals surface area contributed by atoms with E-state index in [4.69, 9.17) is 0 Å². The summed E-state index contributed by atoms with van der Waals surface area (Å²) in [5.74, 6) is -0.923. The Morgan fingerprint density at radius 2 is 1.67 bits per heavy atom. The second-order valence-corrected chi connectivity index (χ2v) is 12.9. The van der Waals surface area contributed by atoms with Crippen molar-refractivity contribution in [2.24, 2.45) is 0 Å². The minimum Gasteiger partial charge on any atom is -0.361 e. The number of H-pyrrole nitrogens is 1. The molecular formula is C35H26BrN5O3S2. The Morgan fingerprint density at radius 3 is 2.50 bits per heavy atom. The smallest absolute Gasteiger partial charge is 0.272 e. The molecule has 0 saturated heterocycles. The van der Waals surface area contributed by atoms with Gasteiger partial charge < -0.3 is 20.9 Å². The van der Waals surface area contributed by atoms with E-state index in [1.165, 1.54) is 23.1 Å². The quantitative estimate of drug-likeness (QED) is 0.0847. The van der Waals surface area contributed by atoms with Gasteiger partial charge in [-0.2, -0.15) is 0 Å². The molecule has 8 nitrogen and oxygen atoms in total. The largest absolute Gasteiger partial charge is 0.361 e. The molecule has 0 aliphatic rings. The van der Waals surface area contributed by atoms with Crippen LogP contribution in [0.5, 0.6) is 0 Å². The van der Waals surface area contributed by atoms with Gasteiger partial charge in [-0.3, -0.25) is 14.4 Å². The lowest BCUT2D eigenvalue weighted by Crippen LogP contribution is -2.30. The second kappa shape index (κ2) is 14.4. The number of hydrogen-bond acceptors (Lipinski definition) is 6. The number of carbonyl (C=O) groups is 3. The molecule has 0 radical (unpaired) electrons. The Labute approximate surface area is 281 Å². The highest BCUT2D eigenvalue weighted by atomic mass is 79.9. The third kappa shape index (κ3) is 7.81. The van der Waals surface area contributed by atoms with Gasteiger partial charge in [0.1, 0.15) is 5.70 Å². The van der Waals surface area contributed by atoms with Crippen LogP contribution in [-0.4, -0.2) is 33.4 Å². The first-order valence-corrected chi connectivity index (χ1v) is 16.8. The number of thiazole rings is 1. The van der Waals surface area contributed by atoms with Gasteiger partial charge in [-0.25, -0.2) is 4.98 Å². The lowest BCUT2D eigenvalue weighted by molar-refractivity contribution is -0.114. The number of fused-ring (bicyclic) bond motifs is 1. The van der Waals surface area contributed by atoms with Gasteiger partial charge in [-0.05, 0) is 54.6 Å². The molecule has 0 aliphatic carbocycles. The van der Waals surface area contributed by atoms with Gasteiger partial charge in [0.15, 0.2) is 5.13 Å². The Bertz CT molecular complexity index is 2060. The summed E-state index contributed by atoms with van der Waals surface area (Å²) in [6.07, 6.45) is 3.45. The minimum absolute atomic E-state index is 0.0852. The minimum atomic E-state index is -0.486. The third-order valence-corrected chi connectivity index (χ3v) is 9.08. The first-order valence-electron chi connectivity index (χ1n) is 14.1. The first kappa shape index (κ1) is 31.0. The van der Waals surface area contributed by atoms with Crippen LogP contribution >= 0.6 is 39.0 Å². The Hall–Kier alpha value is -4.97. The van der Waals surface area contributed by atoms with E-state index in [0.29, 0.717) is 16.4 Å².